The summed E-state index contributed by atoms with van der Waals surface area (Å²) in [4.78, 5) is 24.8. The predicted molar refractivity (Wildman–Crippen MR) is 111 cm³/mol. The fraction of sp³-hybridized carbons (Fsp3) is 0.130. The molecule has 0 aliphatic rings. The Labute approximate surface area is 173 Å². The van der Waals surface area contributed by atoms with E-state index in [1.807, 2.05) is 42.5 Å². The van der Waals surface area contributed by atoms with Gasteiger partial charge in [0.2, 0.25) is 5.91 Å². The van der Waals surface area contributed by atoms with Gasteiger partial charge in [0.15, 0.2) is 0 Å². The summed E-state index contributed by atoms with van der Waals surface area (Å²) >= 11 is 5.97. The van der Waals surface area contributed by atoms with Gasteiger partial charge in [-0.2, -0.15) is 0 Å². The lowest BCUT2D eigenvalue weighted by Crippen LogP contribution is -2.39. The number of carbonyl (C=O) groups is 2. The van der Waals surface area contributed by atoms with Crippen molar-refractivity contribution in [3.8, 4) is 0 Å². The Balaban J connectivity index is 1.69. The topological polar surface area (TPSA) is 58.2 Å². The number of aryl methyl sites for hydroxylation is 1. The average Bonchev–Trinajstić information content (AvgIpc) is 2.73. The molecule has 1 unspecified atom stereocenters. The fourth-order valence-electron chi connectivity index (χ4n) is 2.92. The maximum absolute atomic E-state index is 13.4. The van der Waals surface area contributed by atoms with Crippen LogP contribution in [0.3, 0.4) is 0 Å². The highest BCUT2D eigenvalue weighted by Gasteiger charge is 2.17. The van der Waals surface area contributed by atoms with E-state index in [4.69, 9.17) is 11.6 Å². The van der Waals surface area contributed by atoms with Crippen LogP contribution in [0.25, 0.3) is 0 Å². The van der Waals surface area contributed by atoms with Gasteiger partial charge in [0.25, 0.3) is 5.91 Å². The third-order valence-corrected chi connectivity index (χ3v) is 4.72. The second-order valence-corrected chi connectivity index (χ2v) is 7.05. The molecule has 0 saturated carbocycles. The van der Waals surface area contributed by atoms with E-state index in [2.05, 4.69) is 10.6 Å². The number of amides is 2. The van der Waals surface area contributed by atoms with E-state index in [1.54, 1.807) is 19.1 Å². The largest absolute Gasteiger partial charge is 0.344 e. The van der Waals surface area contributed by atoms with E-state index in [-0.39, 0.29) is 24.3 Å². The molecule has 148 valence electrons. The molecular formula is C23H20ClFN2O2. The number of benzene rings is 3. The Kier molecular flexibility index (Phi) is 6.62. The molecule has 0 aromatic heterocycles. The maximum Gasteiger partial charge on any atom is 0.251 e. The van der Waals surface area contributed by atoms with Crippen LogP contribution >= 0.6 is 11.6 Å². The molecule has 2 amide bonds. The summed E-state index contributed by atoms with van der Waals surface area (Å²) in [6.45, 7) is 1.38. The number of halogens is 2. The van der Waals surface area contributed by atoms with Crippen molar-refractivity contribution in [3.05, 3.63) is 106 Å². The van der Waals surface area contributed by atoms with E-state index >= 15 is 0 Å². The quantitative estimate of drug-likeness (QED) is 0.631. The minimum atomic E-state index is -0.439. The zero-order valence-corrected chi connectivity index (χ0v) is 16.5. The van der Waals surface area contributed by atoms with Gasteiger partial charge < -0.3 is 10.6 Å². The van der Waals surface area contributed by atoms with Crippen LogP contribution in [0.4, 0.5) is 4.39 Å². The van der Waals surface area contributed by atoms with Gasteiger partial charge in [-0.05, 0) is 53.9 Å². The van der Waals surface area contributed by atoms with Crippen LogP contribution in [0.15, 0.2) is 72.8 Å². The van der Waals surface area contributed by atoms with E-state index in [1.165, 1.54) is 18.2 Å². The fourth-order valence-corrected chi connectivity index (χ4v) is 3.05. The van der Waals surface area contributed by atoms with Gasteiger partial charge >= 0.3 is 0 Å². The first-order chi connectivity index (χ1) is 13.9. The highest BCUT2D eigenvalue weighted by Crippen LogP contribution is 2.23. The summed E-state index contributed by atoms with van der Waals surface area (Å²) < 4.78 is 13.4. The first kappa shape index (κ1) is 20.6. The number of hydrogen-bond donors (Lipinski definition) is 2. The Morgan fingerprint density at radius 3 is 2.28 bits per heavy atom. The van der Waals surface area contributed by atoms with E-state index in [0.29, 0.717) is 16.1 Å². The molecule has 29 heavy (non-hydrogen) atoms. The minimum Gasteiger partial charge on any atom is -0.344 e. The summed E-state index contributed by atoms with van der Waals surface area (Å²) in [5, 5.41) is 6.11. The third-order valence-electron chi connectivity index (χ3n) is 4.47. The van der Waals surface area contributed by atoms with Gasteiger partial charge in [-0.25, -0.2) is 4.39 Å². The molecule has 0 aliphatic carbocycles. The first-order valence-electron chi connectivity index (χ1n) is 9.08. The second kappa shape index (κ2) is 9.34. The van der Waals surface area contributed by atoms with Crippen LogP contribution < -0.4 is 10.6 Å². The van der Waals surface area contributed by atoms with Crippen LogP contribution in [-0.4, -0.2) is 18.4 Å². The Morgan fingerprint density at radius 1 is 0.966 bits per heavy atom. The molecular weight excluding hydrogens is 391 g/mol. The number of hydrogen-bond acceptors (Lipinski definition) is 2. The Hall–Kier alpha value is -3.18. The summed E-state index contributed by atoms with van der Waals surface area (Å²) in [7, 11) is 0. The van der Waals surface area contributed by atoms with Crippen LogP contribution in [-0.2, 0) is 4.79 Å². The molecule has 0 aliphatic heterocycles. The monoisotopic (exact) mass is 410 g/mol. The minimum absolute atomic E-state index is 0.202. The van der Waals surface area contributed by atoms with Crippen molar-refractivity contribution in [2.24, 2.45) is 0 Å². The Morgan fingerprint density at radius 2 is 1.62 bits per heavy atom. The molecule has 0 spiro atoms. The smallest absolute Gasteiger partial charge is 0.251 e. The molecule has 3 aromatic rings. The standard InChI is InChI=1S/C23H20ClFN2O2/c1-15-13-18(9-12-20(15)25)23(29)26-14-21(28)27-22(16-5-3-2-4-6-16)17-7-10-19(24)11-8-17/h2-13,22H,14H2,1H3,(H,26,29)(H,27,28). The average molecular weight is 411 g/mol. The Bertz CT molecular complexity index is 1010. The molecule has 2 N–H and O–H groups in total. The van der Waals surface area contributed by atoms with Crippen molar-refractivity contribution in [2.75, 3.05) is 6.54 Å². The van der Waals surface area contributed by atoms with Crippen LogP contribution in [0.5, 0.6) is 0 Å². The van der Waals surface area contributed by atoms with Crippen molar-refractivity contribution < 1.29 is 14.0 Å². The van der Waals surface area contributed by atoms with Gasteiger partial charge in [-0.3, -0.25) is 9.59 Å². The van der Waals surface area contributed by atoms with Gasteiger partial charge in [-0.1, -0.05) is 54.1 Å². The lowest BCUT2D eigenvalue weighted by molar-refractivity contribution is -0.120. The van der Waals surface area contributed by atoms with Gasteiger partial charge in [-0.15, -0.1) is 0 Å². The summed E-state index contributed by atoms with van der Waals surface area (Å²) in [6.07, 6.45) is 0. The lowest BCUT2D eigenvalue weighted by atomic mass is 9.98. The summed E-state index contributed by atoms with van der Waals surface area (Å²) in [5.41, 5.74) is 2.45. The van der Waals surface area contributed by atoms with Crippen LogP contribution in [0.2, 0.25) is 5.02 Å². The van der Waals surface area contributed by atoms with Crippen LogP contribution in [0, 0.1) is 12.7 Å². The molecule has 0 radical (unpaired) electrons. The SMILES string of the molecule is Cc1cc(C(=O)NCC(=O)NC(c2ccccc2)c2ccc(Cl)cc2)ccc1F. The second-order valence-electron chi connectivity index (χ2n) is 6.61. The highest BCUT2D eigenvalue weighted by molar-refractivity contribution is 6.30. The van der Waals surface area contributed by atoms with Crippen LogP contribution in [0.1, 0.15) is 33.1 Å². The molecule has 3 aromatic carbocycles. The number of carbonyl (C=O) groups excluding carboxylic acids is 2. The zero-order chi connectivity index (χ0) is 20.8. The molecule has 0 fully saturated rings. The van der Waals surface area contributed by atoms with Gasteiger partial charge in [0, 0.05) is 10.6 Å². The number of rotatable bonds is 6. The molecule has 6 heteroatoms. The molecule has 3 rings (SSSR count). The molecule has 4 nitrogen and oxygen atoms in total. The van der Waals surface area contributed by atoms with Gasteiger partial charge in [0.1, 0.15) is 5.82 Å². The lowest BCUT2D eigenvalue weighted by Gasteiger charge is -2.20. The maximum atomic E-state index is 13.4. The normalized spacial score (nSPS) is 11.6. The molecule has 1 atom stereocenters. The van der Waals surface area contributed by atoms with E-state index < -0.39 is 5.91 Å². The van der Waals surface area contributed by atoms with Crippen molar-refractivity contribution in [3.63, 3.8) is 0 Å². The molecule has 0 saturated heterocycles. The molecule has 0 heterocycles. The third kappa shape index (κ3) is 5.42. The first-order valence-corrected chi connectivity index (χ1v) is 9.46. The summed E-state index contributed by atoms with van der Waals surface area (Å²) in [6, 6.07) is 20.4. The van der Waals surface area contributed by atoms with Gasteiger partial charge in [0.05, 0.1) is 12.6 Å². The molecule has 0 bridgehead atoms. The van der Waals surface area contributed by atoms with E-state index in [9.17, 15) is 14.0 Å². The predicted octanol–water partition coefficient (Wildman–Crippen LogP) is 4.42. The number of nitrogens with one attached hydrogen (secondary N) is 2. The zero-order valence-electron chi connectivity index (χ0n) is 15.8. The van der Waals surface area contributed by atoms with Crippen molar-refractivity contribution in [1.82, 2.24) is 10.6 Å². The van der Waals surface area contributed by atoms with Crippen molar-refractivity contribution in [1.29, 1.82) is 0 Å². The summed E-state index contributed by atoms with van der Waals surface area (Å²) in [5.74, 6) is -1.17. The van der Waals surface area contributed by atoms with E-state index in [0.717, 1.165) is 11.1 Å². The van der Waals surface area contributed by atoms with Crippen molar-refractivity contribution in [2.45, 2.75) is 13.0 Å². The highest BCUT2D eigenvalue weighted by atomic mass is 35.5. The van der Waals surface area contributed by atoms with Crippen molar-refractivity contribution >= 4 is 23.4 Å².